The molecule has 1 rings (SSSR count). The minimum Gasteiger partial charge on any atom is -0.491 e. The van der Waals surface area contributed by atoms with E-state index < -0.39 is 0 Å². The Morgan fingerprint density at radius 2 is 1.80 bits per heavy atom. The second-order valence-electron chi connectivity index (χ2n) is 2.86. The highest BCUT2D eigenvalue weighted by Crippen LogP contribution is 2.12. The van der Waals surface area contributed by atoms with Gasteiger partial charge in [-0.1, -0.05) is 0 Å². The fourth-order valence-corrected chi connectivity index (χ4v) is 1.05. The third-order valence-corrected chi connectivity index (χ3v) is 1.83. The summed E-state index contributed by atoms with van der Waals surface area (Å²) in [4.78, 5) is 11.1. The number of benzene rings is 1. The van der Waals surface area contributed by atoms with Crippen molar-refractivity contribution in [1.29, 1.82) is 0 Å². The van der Waals surface area contributed by atoms with Crippen LogP contribution in [0.4, 0.5) is 0 Å². The smallest absolute Gasteiger partial charge is 0.337 e. The van der Waals surface area contributed by atoms with Gasteiger partial charge in [-0.2, -0.15) is 0 Å². The summed E-state index contributed by atoms with van der Waals surface area (Å²) in [5.74, 6) is 0.359. The van der Waals surface area contributed by atoms with Crippen LogP contribution in [0.15, 0.2) is 24.3 Å². The zero-order chi connectivity index (χ0) is 11.1. The lowest BCUT2D eigenvalue weighted by Crippen LogP contribution is -2.05. The molecule has 0 radical (unpaired) electrons. The molecule has 0 amide bonds. The minimum atomic E-state index is -0.349. The van der Waals surface area contributed by atoms with Gasteiger partial charge in [-0.3, -0.25) is 0 Å². The molecule has 4 heteroatoms. The molecule has 1 aromatic carbocycles. The summed E-state index contributed by atoms with van der Waals surface area (Å²) < 4.78 is 14.8. The van der Waals surface area contributed by atoms with Crippen molar-refractivity contribution in [3.05, 3.63) is 29.8 Å². The van der Waals surface area contributed by atoms with Gasteiger partial charge in [0.05, 0.1) is 19.3 Å². The van der Waals surface area contributed by atoms with Gasteiger partial charge in [0.15, 0.2) is 0 Å². The molecule has 15 heavy (non-hydrogen) atoms. The van der Waals surface area contributed by atoms with E-state index in [1.807, 2.05) is 0 Å². The summed E-state index contributed by atoms with van der Waals surface area (Å²) in [5, 5.41) is 0. The first-order valence-corrected chi connectivity index (χ1v) is 4.58. The average Bonchev–Trinajstić information content (AvgIpc) is 2.29. The maximum absolute atomic E-state index is 11.1. The second-order valence-corrected chi connectivity index (χ2v) is 2.86. The predicted molar refractivity (Wildman–Crippen MR) is 55.2 cm³/mol. The fourth-order valence-electron chi connectivity index (χ4n) is 1.05. The Morgan fingerprint density at radius 1 is 1.13 bits per heavy atom. The molecule has 82 valence electrons. The molecule has 1 aromatic rings. The highest BCUT2D eigenvalue weighted by Gasteiger charge is 2.04. The lowest BCUT2D eigenvalue weighted by molar-refractivity contribution is 0.0600. The van der Waals surface area contributed by atoms with Crippen molar-refractivity contribution in [2.75, 3.05) is 27.4 Å². The summed E-state index contributed by atoms with van der Waals surface area (Å²) in [5.41, 5.74) is 0.511. The van der Waals surface area contributed by atoms with Crippen molar-refractivity contribution in [2.24, 2.45) is 0 Å². The summed E-state index contributed by atoms with van der Waals surface area (Å²) in [6, 6.07) is 6.77. The van der Waals surface area contributed by atoms with Gasteiger partial charge in [-0.05, 0) is 24.3 Å². The van der Waals surface area contributed by atoms with E-state index in [-0.39, 0.29) is 5.97 Å². The van der Waals surface area contributed by atoms with E-state index in [0.29, 0.717) is 24.5 Å². The SMILES string of the molecule is COCCOc1ccc(C(=O)OC)cc1. The van der Waals surface area contributed by atoms with Crippen molar-refractivity contribution in [2.45, 2.75) is 0 Å². The molecule has 0 spiro atoms. The van der Waals surface area contributed by atoms with Crippen LogP contribution < -0.4 is 4.74 Å². The van der Waals surface area contributed by atoms with E-state index in [4.69, 9.17) is 9.47 Å². The summed E-state index contributed by atoms with van der Waals surface area (Å²) >= 11 is 0. The molecule has 0 N–H and O–H groups in total. The molecule has 0 aliphatic heterocycles. The molecule has 4 nitrogen and oxygen atoms in total. The van der Waals surface area contributed by atoms with Crippen molar-refractivity contribution < 1.29 is 19.0 Å². The lowest BCUT2D eigenvalue weighted by atomic mass is 10.2. The number of carbonyl (C=O) groups is 1. The average molecular weight is 210 g/mol. The molecule has 0 aromatic heterocycles. The number of hydrogen-bond acceptors (Lipinski definition) is 4. The number of hydrogen-bond donors (Lipinski definition) is 0. The van der Waals surface area contributed by atoms with Crippen LogP contribution in [-0.2, 0) is 9.47 Å². The molecule has 0 fully saturated rings. The molecule has 0 aliphatic carbocycles. The number of ether oxygens (including phenoxy) is 3. The Kier molecular flexibility index (Phi) is 4.63. The Hall–Kier alpha value is -1.55. The molecule has 0 heterocycles. The first-order chi connectivity index (χ1) is 7.27. The molecule has 0 atom stereocenters. The number of rotatable bonds is 5. The van der Waals surface area contributed by atoms with Crippen LogP contribution in [0.2, 0.25) is 0 Å². The van der Waals surface area contributed by atoms with E-state index >= 15 is 0 Å². The van der Waals surface area contributed by atoms with Crippen LogP contribution >= 0.6 is 0 Å². The Labute approximate surface area is 88.8 Å². The van der Waals surface area contributed by atoms with E-state index in [0.717, 1.165) is 0 Å². The zero-order valence-electron chi connectivity index (χ0n) is 8.86. The van der Waals surface area contributed by atoms with Crippen molar-refractivity contribution in [1.82, 2.24) is 0 Å². The van der Waals surface area contributed by atoms with Crippen molar-refractivity contribution in [3.63, 3.8) is 0 Å². The molecule has 0 aliphatic rings. The fraction of sp³-hybridized carbons (Fsp3) is 0.364. The summed E-state index contributed by atoms with van der Waals surface area (Å²) in [6.07, 6.45) is 0. The monoisotopic (exact) mass is 210 g/mol. The largest absolute Gasteiger partial charge is 0.491 e. The van der Waals surface area contributed by atoms with Gasteiger partial charge in [-0.25, -0.2) is 4.79 Å². The minimum absolute atomic E-state index is 0.349. The standard InChI is InChI=1S/C11H14O4/c1-13-7-8-15-10-5-3-9(4-6-10)11(12)14-2/h3-6H,7-8H2,1-2H3. The Morgan fingerprint density at radius 3 is 2.33 bits per heavy atom. The predicted octanol–water partition coefficient (Wildman–Crippen LogP) is 1.50. The van der Waals surface area contributed by atoms with Gasteiger partial charge >= 0.3 is 5.97 Å². The molecule has 0 bridgehead atoms. The molecule has 0 unspecified atom stereocenters. The first kappa shape index (κ1) is 11.5. The highest BCUT2D eigenvalue weighted by molar-refractivity contribution is 5.89. The van der Waals surface area contributed by atoms with E-state index in [1.165, 1.54) is 7.11 Å². The van der Waals surface area contributed by atoms with Crippen molar-refractivity contribution >= 4 is 5.97 Å². The van der Waals surface area contributed by atoms with Crippen LogP contribution in [0, 0.1) is 0 Å². The summed E-state index contributed by atoms with van der Waals surface area (Å²) in [6.45, 7) is 1.03. The molecular weight excluding hydrogens is 196 g/mol. The zero-order valence-corrected chi connectivity index (χ0v) is 8.86. The normalized spacial score (nSPS) is 9.73. The van der Waals surface area contributed by atoms with Crippen LogP contribution in [0.3, 0.4) is 0 Å². The quantitative estimate of drug-likeness (QED) is 0.545. The van der Waals surface area contributed by atoms with Gasteiger partial charge in [0, 0.05) is 7.11 Å². The Bertz CT molecular complexity index is 305. The van der Waals surface area contributed by atoms with E-state index in [1.54, 1.807) is 31.4 Å². The first-order valence-electron chi connectivity index (χ1n) is 4.58. The molecule has 0 saturated heterocycles. The van der Waals surface area contributed by atoms with Crippen LogP contribution in [-0.4, -0.2) is 33.4 Å². The third-order valence-electron chi connectivity index (χ3n) is 1.83. The molecule has 0 saturated carbocycles. The van der Waals surface area contributed by atoms with Crippen LogP contribution in [0.1, 0.15) is 10.4 Å². The third kappa shape index (κ3) is 3.59. The highest BCUT2D eigenvalue weighted by atomic mass is 16.5. The van der Waals surface area contributed by atoms with Gasteiger partial charge in [-0.15, -0.1) is 0 Å². The molecular formula is C11H14O4. The maximum Gasteiger partial charge on any atom is 0.337 e. The van der Waals surface area contributed by atoms with Crippen molar-refractivity contribution in [3.8, 4) is 5.75 Å². The lowest BCUT2D eigenvalue weighted by Gasteiger charge is -2.05. The summed E-state index contributed by atoms with van der Waals surface area (Å²) in [7, 11) is 2.97. The maximum atomic E-state index is 11.1. The number of methoxy groups -OCH3 is 2. The van der Waals surface area contributed by atoms with Crippen LogP contribution in [0.25, 0.3) is 0 Å². The van der Waals surface area contributed by atoms with Gasteiger partial charge in [0.1, 0.15) is 12.4 Å². The topological polar surface area (TPSA) is 44.8 Å². The number of esters is 1. The van der Waals surface area contributed by atoms with Gasteiger partial charge in [0.2, 0.25) is 0 Å². The second kappa shape index (κ2) is 6.03. The van der Waals surface area contributed by atoms with Gasteiger partial charge < -0.3 is 14.2 Å². The van der Waals surface area contributed by atoms with Crippen LogP contribution in [0.5, 0.6) is 5.75 Å². The van der Waals surface area contributed by atoms with E-state index in [2.05, 4.69) is 4.74 Å². The van der Waals surface area contributed by atoms with E-state index in [9.17, 15) is 4.79 Å². The Balaban J connectivity index is 2.52. The van der Waals surface area contributed by atoms with Gasteiger partial charge in [0.25, 0.3) is 0 Å². The number of carbonyl (C=O) groups excluding carboxylic acids is 1.